The maximum absolute atomic E-state index is 12.9. The van der Waals surface area contributed by atoms with E-state index < -0.39 is 6.04 Å². The Morgan fingerprint density at radius 3 is 2.40 bits per heavy atom. The average molecular weight is 347 g/mol. The number of rotatable bonds is 7. The van der Waals surface area contributed by atoms with E-state index in [1.54, 1.807) is 34.1 Å². The zero-order valence-corrected chi connectivity index (χ0v) is 15.4. The van der Waals surface area contributed by atoms with E-state index in [1.807, 2.05) is 20.8 Å². The molecule has 1 aromatic rings. The number of hydrogen-bond donors (Lipinski definition) is 1. The van der Waals surface area contributed by atoms with Crippen LogP contribution in [-0.2, 0) is 4.79 Å². The number of carbonyl (C=O) groups is 2. The van der Waals surface area contributed by atoms with Crippen molar-refractivity contribution in [3.05, 3.63) is 29.8 Å². The minimum Gasteiger partial charge on any atom is -0.494 e. The van der Waals surface area contributed by atoms with Gasteiger partial charge in [-0.3, -0.25) is 9.59 Å². The van der Waals surface area contributed by atoms with E-state index in [4.69, 9.17) is 10.5 Å². The molecule has 0 aromatic heterocycles. The third kappa shape index (κ3) is 4.51. The van der Waals surface area contributed by atoms with Crippen molar-refractivity contribution >= 4 is 11.8 Å². The van der Waals surface area contributed by atoms with Crippen molar-refractivity contribution in [2.24, 2.45) is 5.73 Å². The summed E-state index contributed by atoms with van der Waals surface area (Å²) in [7, 11) is 0. The van der Waals surface area contributed by atoms with Gasteiger partial charge in [-0.1, -0.05) is 6.92 Å². The van der Waals surface area contributed by atoms with Crippen molar-refractivity contribution in [3.8, 4) is 5.75 Å². The summed E-state index contributed by atoms with van der Waals surface area (Å²) in [6.45, 7) is 8.24. The molecule has 25 heavy (non-hydrogen) atoms. The molecule has 1 fully saturated rings. The molecule has 0 spiro atoms. The van der Waals surface area contributed by atoms with E-state index in [9.17, 15) is 9.59 Å². The number of likely N-dealkylation sites (tertiary alicyclic amines) is 1. The zero-order chi connectivity index (χ0) is 18.4. The fraction of sp³-hybridized carbons (Fsp3) is 0.579. The van der Waals surface area contributed by atoms with Crippen LogP contribution in [0, 0.1) is 0 Å². The topological polar surface area (TPSA) is 75.9 Å². The average Bonchev–Trinajstić information content (AvgIpc) is 3.02. The maximum Gasteiger partial charge on any atom is 0.254 e. The van der Waals surface area contributed by atoms with Crippen molar-refractivity contribution in [3.63, 3.8) is 0 Å². The summed E-state index contributed by atoms with van der Waals surface area (Å²) in [6.07, 6.45) is 1.44. The number of amides is 2. The number of nitrogens with two attached hydrogens (primary N) is 1. The van der Waals surface area contributed by atoms with E-state index in [1.165, 1.54) is 0 Å². The summed E-state index contributed by atoms with van der Waals surface area (Å²) in [5.41, 5.74) is 6.60. The smallest absolute Gasteiger partial charge is 0.254 e. The summed E-state index contributed by atoms with van der Waals surface area (Å²) >= 11 is 0. The molecule has 2 N–H and O–H groups in total. The van der Waals surface area contributed by atoms with Gasteiger partial charge in [0.2, 0.25) is 5.91 Å². The first-order valence-corrected chi connectivity index (χ1v) is 9.09. The standard InChI is InChI=1S/C19H29N3O3/c1-4-11-25-16-9-7-14(8-10-16)18(23)22-13-15(20)12-17(22)19(24)21(5-2)6-3/h7-10,15,17H,4-6,11-13,20H2,1-3H3/t15-,17+/m1/s1. The fourth-order valence-corrected chi connectivity index (χ4v) is 3.15. The van der Waals surface area contributed by atoms with E-state index >= 15 is 0 Å². The highest BCUT2D eigenvalue weighted by Crippen LogP contribution is 2.23. The Morgan fingerprint density at radius 2 is 1.84 bits per heavy atom. The van der Waals surface area contributed by atoms with Gasteiger partial charge in [-0.15, -0.1) is 0 Å². The first-order chi connectivity index (χ1) is 12.0. The molecule has 1 aliphatic rings. The minimum atomic E-state index is -0.474. The van der Waals surface area contributed by atoms with E-state index in [0.29, 0.717) is 38.2 Å². The third-order valence-corrected chi connectivity index (χ3v) is 4.53. The fourth-order valence-electron chi connectivity index (χ4n) is 3.15. The van der Waals surface area contributed by atoms with Gasteiger partial charge in [-0.2, -0.15) is 0 Å². The molecule has 6 nitrogen and oxygen atoms in total. The number of benzene rings is 1. The third-order valence-electron chi connectivity index (χ3n) is 4.53. The second-order valence-electron chi connectivity index (χ2n) is 6.35. The molecule has 1 aliphatic heterocycles. The van der Waals surface area contributed by atoms with Gasteiger partial charge >= 0.3 is 0 Å². The Bertz CT molecular complexity index is 584. The highest BCUT2D eigenvalue weighted by molar-refractivity contribution is 5.98. The lowest BCUT2D eigenvalue weighted by molar-refractivity contribution is -0.134. The zero-order valence-electron chi connectivity index (χ0n) is 15.4. The van der Waals surface area contributed by atoms with Crippen molar-refractivity contribution in [1.82, 2.24) is 9.80 Å². The monoisotopic (exact) mass is 347 g/mol. The van der Waals surface area contributed by atoms with Gasteiger partial charge in [0.05, 0.1) is 6.61 Å². The lowest BCUT2D eigenvalue weighted by Gasteiger charge is -2.29. The van der Waals surface area contributed by atoms with Crippen LogP contribution in [0.4, 0.5) is 0 Å². The van der Waals surface area contributed by atoms with E-state index in [0.717, 1.165) is 12.2 Å². The molecule has 1 saturated heterocycles. The molecule has 6 heteroatoms. The highest BCUT2D eigenvalue weighted by Gasteiger charge is 2.39. The van der Waals surface area contributed by atoms with Crippen LogP contribution in [0.3, 0.4) is 0 Å². The van der Waals surface area contributed by atoms with Crippen LogP contribution in [0.15, 0.2) is 24.3 Å². The molecule has 0 aliphatic carbocycles. The van der Waals surface area contributed by atoms with Crippen molar-refractivity contribution in [2.45, 2.75) is 45.7 Å². The predicted molar refractivity (Wildman–Crippen MR) is 97.6 cm³/mol. The van der Waals surface area contributed by atoms with Gasteiger partial charge in [-0.25, -0.2) is 0 Å². The lowest BCUT2D eigenvalue weighted by Crippen LogP contribution is -2.47. The van der Waals surface area contributed by atoms with E-state index in [2.05, 4.69) is 0 Å². The molecule has 2 rings (SSSR count). The van der Waals surface area contributed by atoms with Crippen molar-refractivity contribution in [1.29, 1.82) is 0 Å². The Kier molecular flexibility index (Phi) is 6.82. The first kappa shape index (κ1) is 19.2. The maximum atomic E-state index is 12.9. The van der Waals surface area contributed by atoms with Gasteiger partial charge < -0.3 is 20.3 Å². The summed E-state index contributed by atoms with van der Waals surface area (Å²) in [6, 6.07) is 6.44. The van der Waals surface area contributed by atoms with Gasteiger partial charge in [0.1, 0.15) is 11.8 Å². The molecule has 0 saturated carbocycles. The van der Waals surface area contributed by atoms with Crippen LogP contribution >= 0.6 is 0 Å². The van der Waals surface area contributed by atoms with Gasteiger partial charge in [0.25, 0.3) is 5.91 Å². The molecular weight excluding hydrogens is 318 g/mol. The van der Waals surface area contributed by atoms with Crippen molar-refractivity contribution in [2.75, 3.05) is 26.2 Å². The SMILES string of the molecule is CCCOc1ccc(C(=O)N2C[C@H](N)C[C@H]2C(=O)N(CC)CC)cc1. The van der Waals surface area contributed by atoms with Gasteiger partial charge in [0.15, 0.2) is 0 Å². The normalized spacial score (nSPS) is 19.8. The van der Waals surface area contributed by atoms with Crippen LogP contribution < -0.4 is 10.5 Å². The second-order valence-corrected chi connectivity index (χ2v) is 6.35. The number of carbonyl (C=O) groups excluding carboxylic acids is 2. The number of likely N-dealkylation sites (N-methyl/N-ethyl adjacent to an activating group) is 1. The first-order valence-electron chi connectivity index (χ1n) is 9.09. The molecule has 0 bridgehead atoms. The van der Waals surface area contributed by atoms with Crippen LogP contribution in [0.2, 0.25) is 0 Å². The summed E-state index contributed by atoms with van der Waals surface area (Å²) in [5.74, 6) is 0.571. The van der Waals surface area contributed by atoms with Crippen LogP contribution in [0.1, 0.15) is 44.0 Å². The molecule has 2 amide bonds. The largest absolute Gasteiger partial charge is 0.494 e. The molecule has 1 aromatic carbocycles. The predicted octanol–water partition coefficient (Wildman–Crippen LogP) is 1.89. The molecule has 0 radical (unpaired) electrons. The quantitative estimate of drug-likeness (QED) is 0.817. The number of nitrogens with zero attached hydrogens (tertiary/aromatic N) is 2. The Hall–Kier alpha value is -2.08. The lowest BCUT2D eigenvalue weighted by atomic mass is 10.1. The van der Waals surface area contributed by atoms with Crippen LogP contribution in [-0.4, -0.2) is 59.9 Å². The molecular formula is C19H29N3O3. The summed E-state index contributed by atoms with van der Waals surface area (Å²) in [4.78, 5) is 29.0. The van der Waals surface area contributed by atoms with Gasteiger partial charge in [-0.05, 0) is 51.0 Å². The summed E-state index contributed by atoms with van der Waals surface area (Å²) < 4.78 is 5.55. The van der Waals surface area contributed by atoms with Crippen LogP contribution in [0.5, 0.6) is 5.75 Å². The minimum absolute atomic E-state index is 0.0193. The number of hydrogen-bond acceptors (Lipinski definition) is 4. The molecule has 2 atom stereocenters. The van der Waals surface area contributed by atoms with Crippen LogP contribution in [0.25, 0.3) is 0 Å². The Balaban J connectivity index is 2.14. The summed E-state index contributed by atoms with van der Waals surface area (Å²) in [5, 5.41) is 0. The van der Waals surface area contributed by atoms with Gasteiger partial charge in [0, 0.05) is 31.2 Å². The second kappa shape index (κ2) is 8.85. The molecule has 0 unspecified atom stereocenters. The number of ether oxygens (including phenoxy) is 1. The highest BCUT2D eigenvalue weighted by atomic mass is 16.5. The molecule has 138 valence electrons. The molecule has 1 heterocycles. The Labute approximate surface area is 149 Å². The van der Waals surface area contributed by atoms with Crippen molar-refractivity contribution < 1.29 is 14.3 Å². The Morgan fingerprint density at radius 1 is 1.20 bits per heavy atom. The van der Waals surface area contributed by atoms with E-state index in [-0.39, 0.29) is 17.9 Å².